The van der Waals surface area contributed by atoms with Gasteiger partial charge in [-0.1, -0.05) is 0 Å². The first-order valence-electron chi connectivity index (χ1n) is 16.9. The van der Waals surface area contributed by atoms with Crippen molar-refractivity contribution in [2.75, 3.05) is 5.32 Å². The Labute approximate surface area is 293 Å². The molecule has 4 aromatic carbocycles. The molecule has 0 aliphatic carbocycles. The van der Waals surface area contributed by atoms with Crippen molar-refractivity contribution >= 4 is 63.7 Å². The van der Waals surface area contributed by atoms with E-state index in [0.29, 0.717) is 28.9 Å². The van der Waals surface area contributed by atoms with Crippen molar-refractivity contribution in [3.05, 3.63) is 130 Å². The molecular weight excluding hydrogens is 697 g/mol. The number of allylic oxidation sites excluding steroid dienone is 2. The minimum absolute atomic E-state index is 0.326. The van der Waals surface area contributed by atoms with E-state index in [4.69, 9.17) is 24.9 Å². The van der Waals surface area contributed by atoms with E-state index in [0.717, 1.165) is 17.1 Å². The summed E-state index contributed by atoms with van der Waals surface area (Å²) in [6.45, 7) is 20.4. The van der Waals surface area contributed by atoms with Crippen LogP contribution in [0.5, 0.6) is 0 Å². The van der Waals surface area contributed by atoms with Crippen molar-refractivity contribution in [2.24, 2.45) is 4.99 Å². The first kappa shape index (κ1) is 36.0. The summed E-state index contributed by atoms with van der Waals surface area (Å²) in [5.41, 5.74) is 9.55. The van der Waals surface area contributed by atoms with Crippen LogP contribution in [-0.2, 0) is 0 Å². The van der Waals surface area contributed by atoms with Crippen LogP contribution in [0.15, 0.2) is 113 Å². The molecule has 0 saturated carbocycles. The molecule has 0 spiro atoms. The Bertz CT molecular complexity index is 1790. The number of aliphatic imine (C=N–C) groups is 1. The molecule has 6 heteroatoms. The quantitative estimate of drug-likeness (QED) is 0.134. The Hall–Kier alpha value is -2.34. The van der Waals surface area contributed by atoms with E-state index in [1.54, 1.807) is 0 Å². The van der Waals surface area contributed by atoms with Gasteiger partial charge in [-0.2, -0.15) is 0 Å². The van der Waals surface area contributed by atoms with Gasteiger partial charge in [-0.25, -0.2) is 0 Å². The van der Waals surface area contributed by atoms with Gasteiger partial charge in [0.1, 0.15) is 0 Å². The summed E-state index contributed by atoms with van der Waals surface area (Å²) in [4.78, 5) is 5.72. The standard InChI is InChI=1S/C41H50AsCl2N2P/c1-27(2)34-22-16-23-35(28(3)4)39(34)45-31(9)41-38(46-40-36(29(5)6)24-17-25-37(40)30(7)8)26-42(43,44)47(41,32-18-12-10-13-19-32)33-20-14-11-15-21-33/h10-25,27-30,45H,26H2,1-9H3/b41-31+,46-38?. The fraction of sp³-hybridized carbons (Fsp3) is 0.341. The van der Waals surface area contributed by atoms with Gasteiger partial charge in [0.25, 0.3) is 0 Å². The zero-order valence-electron chi connectivity index (χ0n) is 29.4. The fourth-order valence-corrected chi connectivity index (χ4v) is 33.2. The van der Waals surface area contributed by atoms with Gasteiger partial charge in [-0.05, 0) is 0 Å². The van der Waals surface area contributed by atoms with Crippen molar-refractivity contribution in [2.45, 2.75) is 91.2 Å². The van der Waals surface area contributed by atoms with E-state index in [9.17, 15) is 0 Å². The second-order valence-corrected chi connectivity index (χ2v) is 36.5. The first-order valence-corrected chi connectivity index (χ1v) is 27.4. The Morgan fingerprint density at radius 1 is 0.617 bits per heavy atom. The van der Waals surface area contributed by atoms with Gasteiger partial charge >= 0.3 is 296 Å². The van der Waals surface area contributed by atoms with E-state index in [1.807, 2.05) is 0 Å². The molecule has 47 heavy (non-hydrogen) atoms. The van der Waals surface area contributed by atoms with Gasteiger partial charge in [-0.15, -0.1) is 0 Å². The number of rotatable bonds is 9. The van der Waals surface area contributed by atoms with Gasteiger partial charge in [0.15, 0.2) is 0 Å². The molecule has 0 unspecified atom stereocenters. The molecule has 0 atom stereocenters. The number of benzene rings is 4. The summed E-state index contributed by atoms with van der Waals surface area (Å²) >= 11 is 0. The molecule has 1 heterocycles. The minimum atomic E-state index is -3.56. The Balaban J connectivity index is 1.95. The normalized spacial score (nSPS) is 17.7. The van der Waals surface area contributed by atoms with Crippen molar-refractivity contribution in [1.29, 1.82) is 0 Å². The fourth-order valence-electron chi connectivity index (χ4n) is 6.99. The van der Waals surface area contributed by atoms with Crippen molar-refractivity contribution in [3.8, 4) is 0 Å². The van der Waals surface area contributed by atoms with E-state index >= 15 is 0 Å². The maximum absolute atomic E-state index is 7.97. The van der Waals surface area contributed by atoms with Crippen molar-refractivity contribution in [1.82, 2.24) is 0 Å². The molecule has 0 aromatic heterocycles. The van der Waals surface area contributed by atoms with E-state index in [2.05, 4.69) is 165 Å². The van der Waals surface area contributed by atoms with E-state index in [1.165, 1.54) is 43.9 Å². The molecule has 2 nitrogen and oxygen atoms in total. The Kier molecular flexibility index (Phi) is 11.2. The first-order chi connectivity index (χ1) is 22.3. The van der Waals surface area contributed by atoms with Gasteiger partial charge in [0.2, 0.25) is 0 Å². The number of para-hydroxylation sites is 2. The molecular formula is C41H50AsCl2N2P. The van der Waals surface area contributed by atoms with Crippen molar-refractivity contribution < 1.29 is 0 Å². The summed E-state index contributed by atoms with van der Waals surface area (Å²) in [6, 6.07) is 35.1. The predicted octanol–water partition coefficient (Wildman–Crippen LogP) is 12.7. The summed E-state index contributed by atoms with van der Waals surface area (Å²) in [5, 5.41) is 5.81. The number of hydrogen-bond acceptors (Lipinski definition) is 2. The number of halogens is 2. The third kappa shape index (κ3) is 6.79. The van der Waals surface area contributed by atoms with Gasteiger partial charge in [-0.3, -0.25) is 0 Å². The molecule has 5 rings (SSSR count). The predicted molar refractivity (Wildman–Crippen MR) is 214 cm³/mol. The van der Waals surface area contributed by atoms with Crippen LogP contribution in [0.25, 0.3) is 0 Å². The van der Waals surface area contributed by atoms with Gasteiger partial charge < -0.3 is 0 Å². The molecule has 0 radical (unpaired) electrons. The van der Waals surface area contributed by atoms with Crippen LogP contribution in [0.1, 0.15) is 108 Å². The number of hydrogen-bond donors (Lipinski definition) is 1. The average molecular weight is 748 g/mol. The van der Waals surface area contributed by atoms with Crippen LogP contribution < -0.4 is 15.9 Å². The SMILES string of the molecule is C/C(Nc1c(C(C)C)cccc1C(C)C)=C1/C(=Nc2c(C(C)C)cccc2C(C)C)C[As](Cl)(Cl)=P1(c1ccccc1)c1ccccc1. The van der Waals surface area contributed by atoms with Crippen LogP contribution in [0.2, 0.25) is 5.21 Å². The summed E-state index contributed by atoms with van der Waals surface area (Å²) in [5.74, 6) is 1.37. The van der Waals surface area contributed by atoms with Crippen LogP contribution in [-0.4, -0.2) is 16.4 Å². The third-order valence-corrected chi connectivity index (χ3v) is 33.6. The third-order valence-electron chi connectivity index (χ3n) is 9.27. The van der Waals surface area contributed by atoms with Crippen LogP contribution in [0, 0.1) is 0 Å². The topological polar surface area (TPSA) is 24.4 Å². The molecule has 4 aromatic rings. The molecule has 0 saturated heterocycles. The number of nitrogens with one attached hydrogen (secondary N) is 1. The number of anilines is 1. The molecule has 0 bridgehead atoms. The van der Waals surface area contributed by atoms with Gasteiger partial charge in [0.05, 0.1) is 0 Å². The maximum atomic E-state index is 7.97. The second-order valence-electron chi connectivity index (χ2n) is 13.9. The van der Waals surface area contributed by atoms with Gasteiger partial charge in [0, 0.05) is 0 Å². The van der Waals surface area contributed by atoms with Crippen LogP contribution >= 0.6 is 25.3 Å². The molecule has 0 amide bonds. The van der Waals surface area contributed by atoms with Crippen molar-refractivity contribution in [3.63, 3.8) is 0 Å². The van der Waals surface area contributed by atoms with E-state index < -0.39 is 16.1 Å². The number of nitrogens with zero attached hydrogens (tertiary/aromatic N) is 1. The summed E-state index contributed by atoms with van der Waals surface area (Å²) in [7, 11) is 12.4. The molecule has 1 aliphatic heterocycles. The molecule has 1 N–H and O–H groups in total. The monoisotopic (exact) mass is 746 g/mol. The Morgan fingerprint density at radius 2 is 1.02 bits per heavy atom. The summed E-state index contributed by atoms with van der Waals surface area (Å²) in [6.07, 6.45) is 0. The molecule has 248 valence electrons. The summed E-state index contributed by atoms with van der Waals surface area (Å²) < 4.78 is 0. The van der Waals surface area contributed by atoms with E-state index in [-0.39, 0.29) is 0 Å². The average Bonchev–Trinajstić information content (AvgIpc) is 3.27. The molecule has 0 fully saturated rings. The second kappa shape index (κ2) is 14.6. The zero-order valence-corrected chi connectivity index (χ0v) is 33.6. The Morgan fingerprint density at radius 3 is 1.43 bits per heavy atom. The van der Waals surface area contributed by atoms with Crippen LogP contribution in [0.3, 0.4) is 0 Å². The van der Waals surface area contributed by atoms with Crippen LogP contribution in [0.4, 0.5) is 11.4 Å². The molecule has 1 aliphatic rings. The zero-order chi connectivity index (χ0) is 34.1.